The van der Waals surface area contributed by atoms with Gasteiger partial charge in [-0.15, -0.1) is 0 Å². The molecule has 0 atom stereocenters. The zero-order valence-electron chi connectivity index (χ0n) is 16.1. The van der Waals surface area contributed by atoms with Crippen LogP contribution in [0.2, 0.25) is 0 Å². The third-order valence-corrected chi connectivity index (χ3v) is 4.72. The Bertz CT molecular complexity index is 581. The van der Waals surface area contributed by atoms with Crippen LogP contribution in [0.1, 0.15) is 51.3 Å². The lowest BCUT2D eigenvalue weighted by Crippen LogP contribution is -2.50. The molecule has 0 spiro atoms. The van der Waals surface area contributed by atoms with E-state index in [2.05, 4.69) is 22.2 Å². The molecule has 2 rings (SSSR count). The monoisotopic (exact) mass is 365 g/mol. The minimum absolute atomic E-state index is 0.0327. The number of nitrogens with one attached hydrogen (secondary N) is 1. The van der Waals surface area contributed by atoms with Crippen LogP contribution in [-0.4, -0.2) is 64.9 Å². The van der Waals surface area contributed by atoms with Gasteiger partial charge in [-0.1, -0.05) is 13.3 Å². The average molecular weight is 365 g/mol. The first-order valence-corrected chi connectivity index (χ1v) is 9.51. The van der Waals surface area contributed by atoms with Gasteiger partial charge < -0.3 is 14.6 Å². The molecular weight excluding hydrogens is 334 g/mol. The van der Waals surface area contributed by atoms with Gasteiger partial charge in [-0.3, -0.25) is 4.79 Å². The van der Waals surface area contributed by atoms with Crippen LogP contribution in [0, 0.1) is 0 Å². The quantitative estimate of drug-likeness (QED) is 0.762. The Labute approximate surface area is 155 Å². The highest BCUT2D eigenvalue weighted by molar-refractivity contribution is 5.75. The van der Waals surface area contributed by atoms with Gasteiger partial charge in [0.1, 0.15) is 12.4 Å². The SMILES string of the molecule is CCCCN(C(=O)OCC)N1CCC(c2nccn2CC(=O)NC)CC1. The van der Waals surface area contributed by atoms with E-state index in [1.165, 1.54) is 0 Å². The Morgan fingerprint density at radius 1 is 1.35 bits per heavy atom. The van der Waals surface area contributed by atoms with Gasteiger partial charge in [-0.25, -0.2) is 19.8 Å². The molecular formula is C18H31N5O3. The van der Waals surface area contributed by atoms with Gasteiger partial charge in [-0.2, -0.15) is 0 Å². The standard InChI is InChI=1S/C18H31N5O3/c1-4-6-10-23(18(25)26-5-2)22-11-7-15(8-12-22)17-20-9-13-21(17)14-16(24)19-3/h9,13,15H,4-8,10-12,14H2,1-3H3,(H,19,24). The largest absolute Gasteiger partial charge is 0.449 e. The lowest BCUT2D eigenvalue weighted by Gasteiger charge is -2.38. The summed E-state index contributed by atoms with van der Waals surface area (Å²) < 4.78 is 7.13. The molecule has 1 saturated heterocycles. The summed E-state index contributed by atoms with van der Waals surface area (Å²) in [6.07, 6.45) is 7.11. The van der Waals surface area contributed by atoms with Crippen molar-refractivity contribution in [1.82, 2.24) is 24.9 Å². The van der Waals surface area contributed by atoms with E-state index in [4.69, 9.17) is 4.74 Å². The number of hydrogen-bond donors (Lipinski definition) is 1. The smallest absolute Gasteiger partial charge is 0.424 e. The highest BCUT2D eigenvalue weighted by Gasteiger charge is 2.29. The number of ether oxygens (including phenoxy) is 1. The lowest BCUT2D eigenvalue weighted by molar-refractivity contribution is -0.121. The van der Waals surface area contributed by atoms with Crippen LogP contribution in [0.25, 0.3) is 0 Å². The van der Waals surface area contributed by atoms with Gasteiger partial charge in [0.05, 0.1) is 6.61 Å². The molecule has 2 heterocycles. The predicted octanol–water partition coefficient (Wildman–Crippen LogP) is 1.98. The Hall–Kier alpha value is -2.09. The number of rotatable bonds is 8. The van der Waals surface area contributed by atoms with Crippen molar-refractivity contribution in [1.29, 1.82) is 0 Å². The number of likely N-dealkylation sites (N-methyl/N-ethyl adjacent to an activating group) is 1. The maximum atomic E-state index is 12.3. The van der Waals surface area contributed by atoms with Crippen molar-refractivity contribution in [2.45, 2.75) is 52.0 Å². The number of hydrazine groups is 1. The summed E-state index contributed by atoms with van der Waals surface area (Å²) in [4.78, 5) is 28.4. The van der Waals surface area contributed by atoms with E-state index >= 15 is 0 Å². The summed E-state index contributed by atoms with van der Waals surface area (Å²) in [6.45, 7) is 6.86. The first-order valence-electron chi connectivity index (χ1n) is 9.51. The van der Waals surface area contributed by atoms with Crippen LogP contribution in [0.4, 0.5) is 4.79 Å². The number of imidazole rings is 1. The molecule has 2 amide bonds. The Morgan fingerprint density at radius 3 is 2.69 bits per heavy atom. The zero-order valence-corrected chi connectivity index (χ0v) is 16.1. The molecule has 0 radical (unpaired) electrons. The van der Waals surface area contributed by atoms with Gasteiger partial charge >= 0.3 is 6.09 Å². The Balaban J connectivity index is 1.98. The predicted molar refractivity (Wildman–Crippen MR) is 98.5 cm³/mol. The van der Waals surface area contributed by atoms with Crippen LogP contribution in [0.3, 0.4) is 0 Å². The fraction of sp³-hybridized carbons (Fsp3) is 0.722. The summed E-state index contributed by atoms with van der Waals surface area (Å²) in [5, 5.41) is 6.49. The number of aromatic nitrogens is 2. The number of carbonyl (C=O) groups excluding carboxylic acids is 2. The maximum Gasteiger partial charge on any atom is 0.424 e. The molecule has 0 unspecified atom stereocenters. The van der Waals surface area contributed by atoms with Crippen molar-refractivity contribution in [2.75, 3.05) is 33.3 Å². The number of hydrogen-bond acceptors (Lipinski definition) is 5. The van der Waals surface area contributed by atoms with Crippen LogP contribution >= 0.6 is 0 Å². The van der Waals surface area contributed by atoms with Crippen LogP contribution in [-0.2, 0) is 16.1 Å². The summed E-state index contributed by atoms with van der Waals surface area (Å²) >= 11 is 0. The minimum Gasteiger partial charge on any atom is -0.449 e. The van der Waals surface area contributed by atoms with Gasteiger partial charge in [0.2, 0.25) is 5.91 Å². The molecule has 0 bridgehead atoms. The molecule has 1 N–H and O–H groups in total. The minimum atomic E-state index is -0.263. The van der Waals surface area contributed by atoms with Gasteiger partial charge in [0.25, 0.3) is 0 Å². The number of carbonyl (C=O) groups is 2. The number of nitrogens with zero attached hydrogens (tertiary/aromatic N) is 4. The summed E-state index contributed by atoms with van der Waals surface area (Å²) in [5.74, 6) is 1.21. The van der Waals surface area contributed by atoms with Crippen LogP contribution in [0.15, 0.2) is 12.4 Å². The van der Waals surface area contributed by atoms with E-state index in [9.17, 15) is 9.59 Å². The van der Waals surface area contributed by atoms with Crippen LogP contribution < -0.4 is 5.32 Å². The van der Waals surface area contributed by atoms with E-state index in [0.29, 0.717) is 19.1 Å². The normalized spacial score (nSPS) is 15.7. The summed E-state index contributed by atoms with van der Waals surface area (Å²) in [5.41, 5.74) is 0. The van der Waals surface area contributed by atoms with Gasteiger partial charge in [-0.05, 0) is 26.2 Å². The second-order valence-electron chi connectivity index (χ2n) is 6.49. The highest BCUT2D eigenvalue weighted by Crippen LogP contribution is 2.28. The lowest BCUT2D eigenvalue weighted by atomic mass is 9.96. The molecule has 0 aliphatic carbocycles. The van der Waals surface area contributed by atoms with E-state index in [1.54, 1.807) is 18.3 Å². The van der Waals surface area contributed by atoms with Gasteiger partial charge in [0, 0.05) is 45.0 Å². The molecule has 1 fully saturated rings. The van der Waals surface area contributed by atoms with Crippen molar-refractivity contribution >= 4 is 12.0 Å². The van der Waals surface area contributed by atoms with E-state index in [-0.39, 0.29) is 18.5 Å². The number of piperidine rings is 1. The molecule has 1 aromatic rings. The first-order chi connectivity index (χ1) is 12.6. The topological polar surface area (TPSA) is 79.7 Å². The average Bonchev–Trinajstić information content (AvgIpc) is 3.10. The van der Waals surface area contributed by atoms with Crippen molar-refractivity contribution in [2.24, 2.45) is 0 Å². The summed E-state index contributed by atoms with van der Waals surface area (Å²) in [6, 6.07) is 0. The number of unbranched alkanes of at least 4 members (excludes halogenated alkanes) is 1. The first kappa shape index (κ1) is 20.2. The van der Waals surface area contributed by atoms with E-state index in [1.807, 2.05) is 17.7 Å². The second-order valence-corrected chi connectivity index (χ2v) is 6.49. The zero-order chi connectivity index (χ0) is 18.9. The third-order valence-electron chi connectivity index (χ3n) is 4.72. The Kier molecular flexibility index (Phi) is 7.90. The third kappa shape index (κ3) is 5.20. The molecule has 8 nitrogen and oxygen atoms in total. The maximum absolute atomic E-state index is 12.3. The molecule has 26 heavy (non-hydrogen) atoms. The molecule has 0 aromatic carbocycles. The number of amides is 2. The second kappa shape index (κ2) is 10.2. The van der Waals surface area contributed by atoms with Crippen molar-refractivity contribution in [3.8, 4) is 0 Å². The fourth-order valence-corrected chi connectivity index (χ4v) is 3.27. The molecule has 8 heteroatoms. The van der Waals surface area contributed by atoms with E-state index in [0.717, 1.165) is 44.6 Å². The van der Waals surface area contributed by atoms with Crippen molar-refractivity contribution < 1.29 is 14.3 Å². The molecule has 1 aromatic heterocycles. The van der Waals surface area contributed by atoms with Crippen molar-refractivity contribution in [3.63, 3.8) is 0 Å². The van der Waals surface area contributed by atoms with Gasteiger partial charge in [0.15, 0.2) is 0 Å². The van der Waals surface area contributed by atoms with Crippen molar-refractivity contribution in [3.05, 3.63) is 18.2 Å². The highest BCUT2D eigenvalue weighted by atomic mass is 16.6. The Morgan fingerprint density at radius 2 is 2.08 bits per heavy atom. The molecule has 146 valence electrons. The van der Waals surface area contributed by atoms with E-state index < -0.39 is 0 Å². The fourth-order valence-electron chi connectivity index (χ4n) is 3.27. The summed E-state index contributed by atoms with van der Waals surface area (Å²) in [7, 11) is 1.64. The molecule has 1 aliphatic rings. The van der Waals surface area contributed by atoms with Crippen LogP contribution in [0.5, 0.6) is 0 Å². The molecule has 1 aliphatic heterocycles. The molecule has 0 saturated carbocycles.